The van der Waals surface area contributed by atoms with Gasteiger partial charge in [-0.2, -0.15) is 0 Å². The fourth-order valence-corrected chi connectivity index (χ4v) is 1.77. The lowest BCUT2D eigenvalue weighted by atomic mass is 9.94. The van der Waals surface area contributed by atoms with E-state index in [0.29, 0.717) is 12.8 Å². The minimum Gasteiger partial charge on any atom is -0.390 e. The first-order valence-electron chi connectivity index (χ1n) is 5.68. The maximum Gasteiger partial charge on any atom is 0.0631 e. The summed E-state index contributed by atoms with van der Waals surface area (Å²) in [4.78, 5) is 0. The molecule has 0 aliphatic rings. The van der Waals surface area contributed by atoms with Gasteiger partial charge in [-0.05, 0) is 38.8 Å². The Kier molecular flexibility index (Phi) is 3.76. The van der Waals surface area contributed by atoms with Crippen molar-refractivity contribution in [2.75, 3.05) is 0 Å². The van der Waals surface area contributed by atoms with Gasteiger partial charge in [-0.15, -0.1) is 0 Å². The molecule has 0 aliphatic heterocycles. The van der Waals surface area contributed by atoms with Crippen LogP contribution in [-0.4, -0.2) is 21.4 Å². The third-order valence-corrected chi connectivity index (χ3v) is 2.30. The summed E-state index contributed by atoms with van der Waals surface area (Å²) in [7, 11) is 0. The summed E-state index contributed by atoms with van der Waals surface area (Å²) >= 11 is 0. The third-order valence-electron chi connectivity index (χ3n) is 2.30. The molecule has 2 heteroatoms. The molecule has 1 aromatic rings. The first-order chi connectivity index (χ1) is 7.16. The molecule has 0 heterocycles. The second kappa shape index (κ2) is 4.56. The normalized spacial score (nSPS) is 12.9. The van der Waals surface area contributed by atoms with Gasteiger partial charge in [0.05, 0.1) is 11.2 Å². The Labute approximate surface area is 97.9 Å². The van der Waals surface area contributed by atoms with Gasteiger partial charge in [0.2, 0.25) is 0 Å². The van der Waals surface area contributed by atoms with E-state index in [2.05, 4.69) is 0 Å². The predicted octanol–water partition coefficient (Wildman–Crippen LogP) is 2.31. The van der Waals surface area contributed by atoms with Crippen LogP contribution in [0.25, 0.3) is 0 Å². The minimum atomic E-state index is -0.669. The Balaban J connectivity index is 2.69. The van der Waals surface area contributed by atoms with Crippen molar-refractivity contribution in [2.45, 2.75) is 51.7 Å². The average molecular weight is 222 g/mol. The fraction of sp³-hybridized carbons (Fsp3) is 0.571. The highest BCUT2D eigenvalue weighted by atomic mass is 16.3. The van der Waals surface area contributed by atoms with Gasteiger partial charge in [-0.1, -0.05) is 24.3 Å². The molecule has 2 nitrogen and oxygen atoms in total. The van der Waals surface area contributed by atoms with Crippen LogP contribution in [0.15, 0.2) is 24.3 Å². The molecule has 0 unspecified atom stereocenters. The number of hydrogen-bond donors (Lipinski definition) is 2. The molecule has 0 spiro atoms. The van der Waals surface area contributed by atoms with Crippen LogP contribution >= 0.6 is 0 Å². The van der Waals surface area contributed by atoms with Gasteiger partial charge in [0.25, 0.3) is 0 Å². The second-order valence-corrected chi connectivity index (χ2v) is 5.79. The van der Waals surface area contributed by atoms with E-state index in [0.717, 1.165) is 11.1 Å². The molecule has 0 atom stereocenters. The highest BCUT2D eigenvalue weighted by Crippen LogP contribution is 2.16. The molecule has 0 radical (unpaired) electrons. The van der Waals surface area contributed by atoms with Crippen LogP contribution < -0.4 is 0 Å². The summed E-state index contributed by atoms with van der Waals surface area (Å²) in [5.74, 6) is 0. The van der Waals surface area contributed by atoms with Crippen LogP contribution in [0.2, 0.25) is 0 Å². The lowest BCUT2D eigenvalue weighted by Gasteiger charge is -2.19. The second-order valence-electron chi connectivity index (χ2n) is 5.79. The van der Waals surface area contributed by atoms with Gasteiger partial charge < -0.3 is 10.2 Å². The monoisotopic (exact) mass is 222 g/mol. The zero-order chi connectivity index (χ0) is 12.4. The molecule has 0 saturated carbocycles. The SMILES string of the molecule is CC(C)(O)Cc1ccc(CC(C)(C)O)cc1. The predicted molar refractivity (Wildman–Crippen MR) is 66.4 cm³/mol. The maximum absolute atomic E-state index is 9.69. The van der Waals surface area contributed by atoms with E-state index in [9.17, 15) is 10.2 Å². The van der Waals surface area contributed by atoms with Crippen molar-refractivity contribution in [1.29, 1.82) is 0 Å². The number of rotatable bonds is 4. The molecule has 2 N–H and O–H groups in total. The highest BCUT2D eigenvalue weighted by Gasteiger charge is 2.15. The van der Waals surface area contributed by atoms with Crippen LogP contribution in [0, 0.1) is 0 Å². The standard InChI is InChI=1S/C14H22O2/c1-13(2,15)9-11-5-7-12(8-6-11)10-14(3,4)16/h5-8,15-16H,9-10H2,1-4H3. The van der Waals surface area contributed by atoms with Crippen LogP contribution in [0.1, 0.15) is 38.8 Å². The molecular formula is C14H22O2. The molecule has 16 heavy (non-hydrogen) atoms. The highest BCUT2D eigenvalue weighted by molar-refractivity contribution is 5.24. The van der Waals surface area contributed by atoms with Crippen molar-refractivity contribution in [3.05, 3.63) is 35.4 Å². The van der Waals surface area contributed by atoms with E-state index in [1.54, 1.807) is 27.7 Å². The smallest absolute Gasteiger partial charge is 0.0631 e. The van der Waals surface area contributed by atoms with Gasteiger partial charge in [-0.3, -0.25) is 0 Å². The number of hydrogen-bond acceptors (Lipinski definition) is 2. The summed E-state index contributed by atoms with van der Waals surface area (Å²) in [5.41, 5.74) is 0.897. The van der Waals surface area contributed by atoms with Crippen LogP contribution in [0.3, 0.4) is 0 Å². The quantitative estimate of drug-likeness (QED) is 0.820. The molecule has 0 fully saturated rings. The third kappa shape index (κ3) is 5.29. The molecule has 90 valence electrons. The Morgan fingerprint density at radius 3 is 1.19 bits per heavy atom. The van der Waals surface area contributed by atoms with E-state index >= 15 is 0 Å². The maximum atomic E-state index is 9.69. The van der Waals surface area contributed by atoms with Crippen LogP contribution in [0.4, 0.5) is 0 Å². The molecule has 0 saturated heterocycles. The number of benzene rings is 1. The Morgan fingerprint density at radius 2 is 1.00 bits per heavy atom. The summed E-state index contributed by atoms with van der Waals surface area (Å²) in [5, 5.41) is 19.4. The minimum absolute atomic E-state index is 0.649. The fourth-order valence-electron chi connectivity index (χ4n) is 1.77. The lowest BCUT2D eigenvalue weighted by Crippen LogP contribution is -2.22. The first kappa shape index (κ1) is 13.2. The Bertz CT molecular complexity index is 290. The summed E-state index contributed by atoms with van der Waals surface area (Å²) in [6.45, 7) is 7.21. The van der Waals surface area contributed by atoms with E-state index in [4.69, 9.17) is 0 Å². The summed E-state index contributed by atoms with van der Waals surface area (Å²) in [6.07, 6.45) is 1.30. The molecule has 0 aromatic heterocycles. The molecule has 0 amide bonds. The largest absolute Gasteiger partial charge is 0.390 e. The average Bonchev–Trinajstić information content (AvgIpc) is 2.03. The lowest BCUT2D eigenvalue weighted by molar-refractivity contribution is 0.0795. The van der Waals surface area contributed by atoms with Crippen molar-refractivity contribution >= 4 is 0 Å². The van der Waals surface area contributed by atoms with Gasteiger partial charge in [-0.25, -0.2) is 0 Å². The van der Waals surface area contributed by atoms with E-state index in [1.807, 2.05) is 24.3 Å². The van der Waals surface area contributed by atoms with Crippen LogP contribution in [0.5, 0.6) is 0 Å². The molecule has 1 aromatic carbocycles. The van der Waals surface area contributed by atoms with Gasteiger partial charge in [0, 0.05) is 12.8 Å². The van der Waals surface area contributed by atoms with Crippen molar-refractivity contribution in [1.82, 2.24) is 0 Å². The van der Waals surface area contributed by atoms with E-state index in [-0.39, 0.29) is 0 Å². The molecule has 0 aliphatic carbocycles. The molecule has 1 rings (SSSR count). The van der Waals surface area contributed by atoms with E-state index in [1.165, 1.54) is 0 Å². The Hall–Kier alpha value is -0.860. The van der Waals surface area contributed by atoms with Gasteiger partial charge in [0.1, 0.15) is 0 Å². The zero-order valence-electron chi connectivity index (χ0n) is 10.6. The van der Waals surface area contributed by atoms with Gasteiger partial charge >= 0.3 is 0 Å². The molecular weight excluding hydrogens is 200 g/mol. The zero-order valence-corrected chi connectivity index (χ0v) is 10.6. The van der Waals surface area contributed by atoms with Crippen molar-refractivity contribution in [3.8, 4) is 0 Å². The van der Waals surface area contributed by atoms with E-state index < -0.39 is 11.2 Å². The number of aliphatic hydroxyl groups is 2. The van der Waals surface area contributed by atoms with Crippen LogP contribution in [-0.2, 0) is 12.8 Å². The first-order valence-corrected chi connectivity index (χ1v) is 5.68. The summed E-state index contributed by atoms with van der Waals surface area (Å²) in [6, 6.07) is 8.05. The Morgan fingerprint density at radius 1 is 0.750 bits per heavy atom. The topological polar surface area (TPSA) is 40.5 Å². The van der Waals surface area contributed by atoms with Crippen molar-refractivity contribution < 1.29 is 10.2 Å². The van der Waals surface area contributed by atoms with Gasteiger partial charge in [0.15, 0.2) is 0 Å². The summed E-state index contributed by atoms with van der Waals surface area (Å²) < 4.78 is 0. The molecule has 0 bridgehead atoms. The van der Waals surface area contributed by atoms with Crippen molar-refractivity contribution in [2.24, 2.45) is 0 Å². The van der Waals surface area contributed by atoms with Crippen molar-refractivity contribution in [3.63, 3.8) is 0 Å².